The van der Waals surface area contributed by atoms with Crippen molar-refractivity contribution in [1.82, 2.24) is 14.8 Å². The van der Waals surface area contributed by atoms with E-state index < -0.39 is 0 Å². The van der Waals surface area contributed by atoms with Gasteiger partial charge in [-0.05, 0) is 71.0 Å². The number of carbonyl (C=O) groups is 1. The Balaban J connectivity index is 1.99. The van der Waals surface area contributed by atoms with Gasteiger partial charge in [0.15, 0.2) is 5.78 Å². The molecule has 0 bridgehead atoms. The second-order valence-electron chi connectivity index (χ2n) is 6.87. The molecule has 1 aromatic carbocycles. The first kappa shape index (κ1) is 20.9. The third-order valence-electron chi connectivity index (χ3n) is 3.93. The van der Waals surface area contributed by atoms with Crippen molar-refractivity contribution in [3.63, 3.8) is 0 Å². The van der Waals surface area contributed by atoms with E-state index in [1.807, 2.05) is 45.2 Å². The molecule has 0 amide bonds. The fraction of sp³-hybridized carbons (Fsp3) is 0.429. The quantitative estimate of drug-likeness (QED) is 0.447. The number of hydrogen-bond donors (Lipinski definition) is 0. The molecule has 146 valence electrons. The summed E-state index contributed by atoms with van der Waals surface area (Å²) >= 11 is 0. The van der Waals surface area contributed by atoms with Gasteiger partial charge in [0, 0.05) is 24.8 Å². The Morgan fingerprint density at radius 2 is 1.63 bits per heavy atom. The summed E-state index contributed by atoms with van der Waals surface area (Å²) in [6.45, 7) is 2.86. The molecule has 0 N–H and O–H groups in total. The first-order valence-electron chi connectivity index (χ1n) is 9.12. The lowest BCUT2D eigenvalue weighted by Gasteiger charge is -2.13. The van der Waals surface area contributed by atoms with Gasteiger partial charge in [0.2, 0.25) is 5.88 Å². The zero-order chi connectivity index (χ0) is 19.6. The number of aromatic nitrogens is 1. The maximum Gasteiger partial charge on any atom is 0.224 e. The summed E-state index contributed by atoms with van der Waals surface area (Å²) in [5.74, 6) is 1.02. The number of rotatable bonds is 11. The molecule has 0 aliphatic carbocycles. The van der Waals surface area contributed by atoms with Crippen LogP contribution < -0.4 is 9.47 Å². The van der Waals surface area contributed by atoms with E-state index in [2.05, 4.69) is 9.88 Å². The van der Waals surface area contributed by atoms with Gasteiger partial charge >= 0.3 is 0 Å². The van der Waals surface area contributed by atoms with Crippen LogP contribution in [0.2, 0.25) is 0 Å². The van der Waals surface area contributed by atoms with Gasteiger partial charge in [-0.1, -0.05) is 0 Å². The van der Waals surface area contributed by atoms with E-state index in [-0.39, 0.29) is 5.78 Å². The molecule has 0 unspecified atom stereocenters. The van der Waals surface area contributed by atoms with E-state index >= 15 is 0 Å². The second-order valence-corrected chi connectivity index (χ2v) is 6.87. The van der Waals surface area contributed by atoms with Crippen LogP contribution in [0.3, 0.4) is 0 Å². The monoisotopic (exact) mass is 371 g/mol. The number of carbonyl (C=O) groups excluding carboxylic acids is 1. The maximum absolute atomic E-state index is 12.8. The lowest BCUT2D eigenvalue weighted by molar-refractivity contribution is 0.103. The van der Waals surface area contributed by atoms with Gasteiger partial charge in [0.1, 0.15) is 12.4 Å². The van der Waals surface area contributed by atoms with Crippen LogP contribution in [-0.2, 0) is 0 Å². The molecule has 0 spiro atoms. The van der Waals surface area contributed by atoms with Crippen molar-refractivity contribution < 1.29 is 14.3 Å². The van der Waals surface area contributed by atoms with Crippen LogP contribution in [0.5, 0.6) is 11.6 Å². The van der Waals surface area contributed by atoms with Crippen molar-refractivity contribution in [3.05, 3.63) is 53.7 Å². The Kier molecular flexibility index (Phi) is 8.23. The third-order valence-corrected chi connectivity index (χ3v) is 3.93. The number of ketones is 1. The van der Waals surface area contributed by atoms with Crippen molar-refractivity contribution in [2.75, 3.05) is 54.5 Å². The van der Waals surface area contributed by atoms with Crippen molar-refractivity contribution >= 4 is 5.78 Å². The molecule has 2 rings (SSSR count). The molecule has 27 heavy (non-hydrogen) atoms. The molecule has 0 aliphatic heterocycles. The molecule has 6 nitrogen and oxygen atoms in total. The number of ether oxygens (including phenoxy) is 2. The van der Waals surface area contributed by atoms with E-state index in [1.165, 1.54) is 0 Å². The van der Waals surface area contributed by atoms with Crippen molar-refractivity contribution in [2.45, 2.75) is 6.42 Å². The van der Waals surface area contributed by atoms with E-state index in [0.717, 1.165) is 25.3 Å². The SMILES string of the molecule is CN(C)CCCOc1ccc(C(=O)c2cccnc2OCCN(C)C)cc1. The maximum atomic E-state index is 12.8. The predicted octanol–water partition coefficient (Wildman–Crippen LogP) is 2.58. The predicted molar refractivity (Wildman–Crippen MR) is 107 cm³/mol. The van der Waals surface area contributed by atoms with Gasteiger partial charge in [-0.25, -0.2) is 4.98 Å². The average Bonchev–Trinajstić information content (AvgIpc) is 2.65. The molecule has 6 heteroatoms. The number of benzene rings is 1. The van der Waals surface area contributed by atoms with Crippen molar-refractivity contribution in [1.29, 1.82) is 0 Å². The van der Waals surface area contributed by atoms with E-state index in [0.29, 0.717) is 30.2 Å². The van der Waals surface area contributed by atoms with Crippen LogP contribution in [0.15, 0.2) is 42.6 Å². The number of pyridine rings is 1. The minimum absolute atomic E-state index is 0.109. The lowest BCUT2D eigenvalue weighted by Crippen LogP contribution is -2.20. The van der Waals surface area contributed by atoms with Crippen LogP contribution in [-0.4, -0.2) is 75.1 Å². The van der Waals surface area contributed by atoms with E-state index in [4.69, 9.17) is 9.47 Å². The minimum atomic E-state index is -0.109. The highest BCUT2D eigenvalue weighted by Gasteiger charge is 2.16. The molecule has 0 fully saturated rings. The molecule has 1 heterocycles. The van der Waals surface area contributed by atoms with Gasteiger partial charge in [0.25, 0.3) is 0 Å². The van der Waals surface area contributed by atoms with Crippen LogP contribution in [0, 0.1) is 0 Å². The molecular formula is C21H29N3O3. The number of likely N-dealkylation sites (N-methyl/N-ethyl adjacent to an activating group) is 1. The molecule has 0 radical (unpaired) electrons. The number of hydrogen-bond acceptors (Lipinski definition) is 6. The van der Waals surface area contributed by atoms with Crippen LogP contribution in [0.4, 0.5) is 0 Å². The summed E-state index contributed by atoms with van der Waals surface area (Å²) in [5, 5.41) is 0. The molecule has 0 atom stereocenters. The molecular weight excluding hydrogens is 342 g/mol. The zero-order valence-electron chi connectivity index (χ0n) is 16.6. The van der Waals surface area contributed by atoms with Gasteiger partial charge in [-0.2, -0.15) is 0 Å². The summed E-state index contributed by atoms with van der Waals surface area (Å²) in [6.07, 6.45) is 2.59. The highest BCUT2D eigenvalue weighted by atomic mass is 16.5. The van der Waals surface area contributed by atoms with Gasteiger partial charge < -0.3 is 19.3 Å². The van der Waals surface area contributed by atoms with Crippen molar-refractivity contribution in [2.24, 2.45) is 0 Å². The first-order valence-corrected chi connectivity index (χ1v) is 9.12. The molecule has 1 aromatic heterocycles. The smallest absolute Gasteiger partial charge is 0.224 e. The highest BCUT2D eigenvalue weighted by Crippen LogP contribution is 2.21. The minimum Gasteiger partial charge on any atom is -0.494 e. The normalized spacial score (nSPS) is 11.0. The zero-order valence-corrected chi connectivity index (χ0v) is 16.6. The largest absolute Gasteiger partial charge is 0.494 e. The number of nitrogens with zero attached hydrogens (tertiary/aromatic N) is 3. The first-order chi connectivity index (χ1) is 13.0. The van der Waals surface area contributed by atoms with Crippen molar-refractivity contribution in [3.8, 4) is 11.6 Å². The highest BCUT2D eigenvalue weighted by molar-refractivity contribution is 6.10. The molecule has 0 saturated carbocycles. The Morgan fingerprint density at radius 1 is 0.926 bits per heavy atom. The summed E-state index contributed by atoms with van der Waals surface area (Å²) in [6, 6.07) is 10.7. The summed E-state index contributed by atoms with van der Waals surface area (Å²) < 4.78 is 11.4. The standard InChI is InChI=1S/C21H29N3O3/c1-23(2)13-6-15-26-18-10-8-17(9-11-18)20(25)19-7-5-12-22-21(19)27-16-14-24(3)4/h5,7-12H,6,13-16H2,1-4H3. The van der Waals surface area contributed by atoms with Gasteiger partial charge in [0.05, 0.1) is 12.2 Å². The second kappa shape index (κ2) is 10.6. The Hall–Kier alpha value is -2.44. The Labute approximate surface area is 161 Å². The summed E-state index contributed by atoms with van der Waals surface area (Å²) in [4.78, 5) is 21.2. The Morgan fingerprint density at radius 3 is 2.30 bits per heavy atom. The van der Waals surface area contributed by atoms with Gasteiger partial charge in [-0.3, -0.25) is 4.79 Å². The van der Waals surface area contributed by atoms with E-state index in [1.54, 1.807) is 30.5 Å². The van der Waals surface area contributed by atoms with E-state index in [9.17, 15) is 4.79 Å². The van der Waals surface area contributed by atoms with Crippen LogP contribution in [0.25, 0.3) is 0 Å². The topological polar surface area (TPSA) is 54.9 Å². The van der Waals surface area contributed by atoms with Crippen LogP contribution in [0.1, 0.15) is 22.3 Å². The van der Waals surface area contributed by atoms with Crippen LogP contribution >= 0.6 is 0 Å². The summed E-state index contributed by atoms with van der Waals surface area (Å²) in [5.41, 5.74) is 1.05. The third kappa shape index (κ3) is 7.00. The molecule has 0 saturated heterocycles. The molecule has 0 aliphatic rings. The lowest BCUT2D eigenvalue weighted by atomic mass is 10.0. The average molecular weight is 371 g/mol. The fourth-order valence-electron chi connectivity index (χ4n) is 2.43. The van der Waals surface area contributed by atoms with Gasteiger partial charge in [-0.15, -0.1) is 0 Å². The molecule has 2 aromatic rings. The summed E-state index contributed by atoms with van der Waals surface area (Å²) in [7, 11) is 8.02. The Bertz CT molecular complexity index is 715. The fourth-order valence-corrected chi connectivity index (χ4v) is 2.43.